The molecule has 1 nitrogen and oxygen atoms in total. The zero-order chi connectivity index (χ0) is 10.7. The van der Waals surface area contributed by atoms with E-state index in [-0.39, 0.29) is 0 Å². The van der Waals surface area contributed by atoms with E-state index in [1.54, 1.807) is 0 Å². The minimum Gasteiger partial charge on any atom is -0.326 e. The Kier molecular flexibility index (Phi) is 2.84. The number of aryl methyl sites for hydroxylation is 1. The van der Waals surface area contributed by atoms with Crippen LogP contribution in [0, 0.1) is 6.92 Å². The number of hydrogen-bond donors (Lipinski definition) is 1. The molecule has 0 saturated carbocycles. The maximum Gasteiger partial charge on any atom is 0.0178 e. The van der Waals surface area contributed by atoms with E-state index in [1.807, 2.05) is 6.07 Å². The van der Waals surface area contributed by atoms with Gasteiger partial charge in [-0.05, 0) is 29.7 Å². The highest BCUT2D eigenvalue weighted by molar-refractivity contribution is 5.65. The Morgan fingerprint density at radius 3 is 2.33 bits per heavy atom. The van der Waals surface area contributed by atoms with E-state index in [0.29, 0.717) is 6.54 Å². The maximum atomic E-state index is 5.67. The third-order valence-electron chi connectivity index (χ3n) is 2.48. The van der Waals surface area contributed by atoms with Gasteiger partial charge in [0.2, 0.25) is 0 Å². The molecule has 15 heavy (non-hydrogen) atoms. The van der Waals surface area contributed by atoms with Crippen LogP contribution in [0.15, 0.2) is 48.5 Å². The van der Waals surface area contributed by atoms with Crippen LogP contribution in [0.5, 0.6) is 0 Å². The Balaban J connectivity index is 2.49. The van der Waals surface area contributed by atoms with Crippen LogP contribution in [-0.4, -0.2) is 0 Å². The molecule has 0 aromatic heterocycles. The molecule has 0 atom stereocenters. The van der Waals surface area contributed by atoms with E-state index < -0.39 is 0 Å². The van der Waals surface area contributed by atoms with Crippen molar-refractivity contribution >= 4 is 0 Å². The lowest BCUT2D eigenvalue weighted by molar-refractivity contribution is 1.07. The molecule has 76 valence electrons. The molecule has 0 heterocycles. The molecule has 0 amide bonds. The first-order valence-electron chi connectivity index (χ1n) is 5.15. The average Bonchev–Trinajstić information content (AvgIpc) is 2.29. The number of hydrogen-bond acceptors (Lipinski definition) is 1. The molecule has 0 aliphatic rings. The highest BCUT2D eigenvalue weighted by Crippen LogP contribution is 2.21. The summed E-state index contributed by atoms with van der Waals surface area (Å²) in [6, 6.07) is 16.9. The van der Waals surface area contributed by atoms with Gasteiger partial charge >= 0.3 is 0 Å². The zero-order valence-electron chi connectivity index (χ0n) is 8.90. The lowest BCUT2D eigenvalue weighted by Gasteiger charge is -2.06. The molecule has 0 radical (unpaired) electrons. The first-order chi connectivity index (χ1) is 7.29. The summed E-state index contributed by atoms with van der Waals surface area (Å²) >= 11 is 0. The van der Waals surface area contributed by atoms with Crippen LogP contribution in [0.2, 0.25) is 0 Å². The van der Waals surface area contributed by atoms with E-state index in [9.17, 15) is 0 Å². The van der Waals surface area contributed by atoms with Crippen LogP contribution in [0.3, 0.4) is 0 Å². The molecule has 0 spiro atoms. The topological polar surface area (TPSA) is 26.0 Å². The van der Waals surface area contributed by atoms with Crippen LogP contribution in [0.25, 0.3) is 11.1 Å². The van der Waals surface area contributed by atoms with Gasteiger partial charge in [-0.2, -0.15) is 0 Å². The Hall–Kier alpha value is -1.60. The quantitative estimate of drug-likeness (QED) is 0.786. The minimum atomic E-state index is 0.599. The molecule has 0 aliphatic heterocycles. The Bertz CT molecular complexity index is 446. The smallest absolute Gasteiger partial charge is 0.0178 e. The monoisotopic (exact) mass is 197 g/mol. The van der Waals surface area contributed by atoms with Crippen LogP contribution < -0.4 is 5.73 Å². The summed E-state index contributed by atoms with van der Waals surface area (Å²) < 4.78 is 0. The maximum absolute atomic E-state index is 5.67. The van der Waals surface area contributed by atoms with Gasteiger partial charge in [0.15, 0.2) is 0 Å². The number of benzene rings is 2. The normalized spacial score (nSPS) is 10.3. The fourth-order valence-corrected chi connectivity index (χ4v) is 1.78. The van der Waals surface area contributed by atoms with Gasteiger partial charge in [0.05, 0.1) is 0 Å². The molecule has 2 N–H and O–H groups in total. The lowest BCUT2D eigenvalue weighted by atomic mass is 10.0. The highest BCUT2D eigenvalue weighted by Gasteiger charge is 1.99. The molecular formula is C14H15N. The molecule has 2 aromatic rings. The largest absolute Gasteiger partial charge is 0.326 e. The van der Waals surface area contributed by atoms with E-state index in [2.05, 4.69) is 49.4 Å². The molecule has 0 saturated heterocycles. The summed E-state index contributed by atoms with van der Waals surface area (Å²) in [5.74, 6) is 0. The highest BCUT2D eigenvalue weighted by atomic mass is 14.5. The minimum absolute atomic E-state index is 0.599. The van der Waals surface area contributed by atoms with Gasteiger partial charge in [-0.25, -0.2) is 0 Å². The van der Waals surface area contributed by atoms with E-state index in [4.69, 9.17) is 5.73 Å². The standard InChI is InChI=1S/C14H15N/c1-11-7-12(10-15)9-14(8-11)13-5-3-2-4-6-13/h2-9H,10,15H2,1H3. The summed E-state index contributed by atoms with van der Waals surface area (Å²) in [5, 5.41) is 0. The van der Waals surface area contributed by atoms with Crippen molar-refractivity contribution in [2.75, 3.05) is 0 Å². The van der Waals surface area contributed by atoms with Crippen molar-refractivity contribution in [1.82, 2.24) is 0 Å². The fourth-order valence-electron chi connectivity index (χ4n) is 1.78. The van der Waals surface area contributed by atoms with Crippen molar-refractivity contribution in [1.29, 1.82) is 0 Å². The van der Waals surface area contributed by atoms with Crippen molar-refractivity contribution < 1.29 is 0 Å². The van der Waals surface area contributed by atoms with Crippen LogP contribution in [-0.2, 0) is 6.54 Å². The SMILES string of the molecule is Cc1cc(CN)cc(-c2ccccc2)c1. The fraction of sp³-hybridized carbons (Fsp3) is 0.143. The van der Waals surface area contributed by atoms with Crippen LogP contribution >= 0.6 is 0 Å². The second kappa shape index (κ2) is 4.28. The Labute approximate surface area is 90.6 Å². The summed E-state index contributed by atoms with van der Waals surface area (Å²) in [5.41, 5.74) is 10.6. The lowest BCUT2D eigenvalue weighted by Crippen LogP contribution is -1.97. The van der Waals surface area contributed by atoms with Gasteiger partial charge in [0.1, 0.15) is 0 Å². The van der Waals surface area contributed by atoms with Crippen molar-refractivity contribution in [2.24, 2.45) is 5.73 Å². The van der Waals surface area contributed by atoms with Crippen molar-refractivity contribution in [3.05, 3.63) is 59.7 Å². The van der Waals surface area contributed by atoms with Gasteiger partial charge in [-0.1, -0.05) is 48.0 Å². The van der Waals surface area contributed by atoms with Crippen molar-refractivity contribution in [2.45, 2.75) is 13.5 Å². The Morgan fingerprint density at radius 2 is 1.67 bits per heavy atom. The third-order valence-corrected chi connectivity index (χ3v) is 2.48. The molecule has 0 unspecified atom stereocenters. The molecule has 1 heteroatoms. The Morgan fingerprint density at radius 1 is 0.933 bits per heavy atom. The first-order valence-corrected chi connectivity index (χ1v) is 5.15. The van der Waals surface area contributed by atoms with E-state index in [1.165, 1.54) is 22.3 Å². The van der Waals surface area contributed by atoms with E-state index >= 15 is 0 Å². The zero-order valence-corrected chi connectivity index (χ0v) is 8.90. The molecule has 2 rings (SSSR count). The van der Waals surface area contributed by atoms with Gasteiger partial charge in [0.25, 0.3) is 0 Å². The summed E-state index contributed by atoms with van der Waals surface area (Å²) in [6.07, 6.45) is 0. The second-order valence-corrected chi connectivity index (χ2v) is 3.78. The molecule has 0 fully saturated rings. The van der Waals surface area contributed by atoms with Crippen LogP contribution in [0.4, 0.5) is 0 Å². The third kappa shape index (κ3) is 2.25. The number of nitrogens with two attached hydrogens (primary N) is 1. The molecule has 0 bridgehead atoms. The average molecular weight is 197 g/mol. The van der Waals surface area contributed by atoms with Gasteiger partial charge in [0, 0.05) is 6.54 Å². The summed E-state index contributed by atoms with van der Waals surface area (Å²) in [4.78, 5) is 0. The molecule has 0 aliphatic carbocycles. The van der Waals surface area contributed by atoms with Crippen molar-refractivity contribution in [3.63, 3.8) is 0 Å². The van der Waals surface area contributed by atoms with Crippen molar-refractivity contribution in [3.8, 4) is 11.1 Å². The second-order valence-electron chi connectivity index (χ2n) is 3.78. The summed E-state index contributed by atoms with van der Waals surface area (Å²) in [6.45, 7) is 2.70. The van der Waals surface area contributed by atoms with Crippen LogP contribution in [0.1, 0.15) is 11.1 Å². The van der Waals surface area contributed by atoms with Gasteiger partial charge in [-0.3, -0.25) is 0 Å². The molecule has 2 aromatic carbocycles. The predicted molar refractivity (Wildman–Crippen MR) is 64.5 cm³/mol. The van der Waals surface area contributed by atoms with Gasteiger partial charge in [-0.15, -0.1) is 0 Å². The first kappa shape index (κ1) is 9.94. The summed E-state index contributed by atoms with van der Waals surface area (Å²) in [7, 11) is 0. The molecular weight excluding hydrogens is 182 g/mol. The van der Waals surface area contributed by atoms with Gasteiger partial charge < -0.3 is 5.73 Å². The van der Waals surface area contributed by atoms with E-state index in [0.717, 1.165) is 0 Å². The number of rotatable bonds is 2. The predicted octanol–water partition coefficient (Wildman–Crippen LogP) is 3.12.